The lowest BCUT2D eigenvalue weighted by Gasteiger charge is -2.28. The normalized spacial score (nSPS) is 20.6. The number of rotatable bonds is 6. The fourth-order valence-corrected chi connectivity index (χ4v) is 3.84. The van der Waals surface area contributed by atoms with Crippen molar-refractivity contribution in [3.8, 4) is 0 Å². The molecule has 1 saturated carbocycles. The smallest absolute Gasteiger partial charge is 0.159 e. The van der Waals surface area contributed by atoms with Gasteiger partial charge in [-0.3, -0.25) is 0 Å². The van der Waals surface area contributed by atoms with Crippen LogP contribution >= 0.6 is 0 Å². The SMILES string of the molecule is CCCC1CCC(c2ccc(/C=N/N=C/c3ccc(F)c(F)c3)cc2)CC1. The summed E-state index contributed by atoms with van der Waals surface area (Å²) >= 11 is 0. The molecule has 0 spiro atoms. The Morgan fingerprint density at radius 3 is 2.11 bits per heavy atom. The van der Waals surface area contributed by atoms with Gasteiger partial charge in [-0.05, 0) is 66.3 Å². The van der Waals surface area contributed by atoms with Gasteiger partial charge in [0.15, 0.2) is 11.6 Å². The van der Waals surface area contributed by atoms with Gasteiger partial charge >= 0.3 is 0 Å². The van der Waals surface area contributed by atoms with Gasteiger partial charge in [0.25, 0.3) is 0 Å². The van der Waals surface area contributed by atoms with Crippen LogP contribution in [0.25, 0.3) is 0 Å². The Balaban J connectivity index is 1.53. The van der Waals surface area contributed by atoms with Crippen LogP contribution in [-0.4, -0.2) is 12.4 Å². The molecule has 2 nitrogen and oxygen atoms in total. The van der Waals surface area contributed by atoms with E-state index < -0.39 is 11.6 Å². The molecular weight excluding hydrogens is 342 g/mol. The van der Waals surface area contributed by atoms with Gasteiger partial charge in [0.2, 0.25) is 0 Å². The summed E-state index contributed by atoms with van der Waals surface area (Å²) in [6.45, 7) is 2.27. The van der Waals surface area contributed by atoms with Gasteiger partial charge in [-0.1, -0.05) is 50.1 Å². The summed E-state index contributed by atoms with van der Waals surface area (Å²) in [6.07, 6.45) is 11.0. The summed E-state index contributed by atoms with van der Waals surface area (Å²) in [5.41, 5.74) is 2.85. The third kappa shape index (κ3) is 5.56. The lowest BCUT2D eigenvalue weighted by Crippen LogP contribution is -2.13. The average molecular weight is 368 g/mol. The predicted octanol–water partition coefficient (Wildman–Crippen LogP) is 6.49. The van der Waals surface area contributed by atoms with Gasteiger partial charge in [0.1, 0.15) is 0 Å². The van der Waals surface area contributed by atoms with E-state index in [2.05, 4.69) is 41.4 Å². The zero-order chi connectivity index (χ0) is 19.1. The van der Waals surface area contributed by atoms with E-state index in [9.17, 15) is 8.78 Å². The van der Waals surface area contributed by atoms with Crippen molar-refractivity contribution in [2.24, 2.45) is 16.1 Å². The van der Waals surface area contributed by atoms with Crippen molar-refractivity contribution in [2.45, 2.75) is 51.4 Å². The number of hydrogen-bond donors (Lipinski definition) is 0. The molecule has 2 aromatic carbocycles. The Kier molecular flexibility index (Phi) is 6.86. The van der Waals surface area contributed by atoms with Crippen LogP contribution in [0.15, 0.2) is 52.7 Å². The molecule has 0 saturated heterocycles. The zero-order valence-electron chi connectivity index (χ0n) is 15.7. The lowest BCUT2D eigenvalue weighted by molar-refractivity contribution is 0.308. The summed E-state index contributed by atoms with van der Waals surface area (Å²) in [5, 5.41) is 7.89. The fraction of sp³-hybridized carbons (Fsp3) is 0.391. The van der Waals surface area contributed by atoms with E-state index >= 15 is 0 Å². The molecule has 2 aromatic rings. The number of halogens is 2. The Labute approximate surface area is 160 Å². The first-order chi connectivity index (χ1) is 13.2. The number of hydrogen-bond acceptors (Lipinski definition) is 2. The Morgan fingerprint density at radius 1 is 0.852 bits per heavy atom. The topological polar surface area (TPSA) is 24.7 Å². The van der Waals surface area contributed by atoms with E-state index in [0.29, 0.717) is 11.5 Å². The van der Waals surface area contributed by atoms with Crippen LogP contribution in [0.2, 0.25) is 0 Å². The number of benzene rings is 2. The summed E-state index contributed by atoms with van der Waals surface area (Å²) < 4.78 is 26.0. The van der Waals surface area contributed by atoms with Crippen molar-refractivity contribution in [3.63, 3.8) is 0 Å². The molecule has 0 N–H and O–H groups in total. The van der Waals surface area contributed by atoms with Crippen LogP contribution in [0.5, 0.6) is 0 Å². The Bertz CT molecular complexity index is 789. The van der Waals surface area contributed by atoms with Crippen LogP contribution in [0.1, 0.15) is 68.1 Å². The second-order valence-corrected chi connectivity index (χ2v) is 7.34. The van der Waals surface area contributed by atoms with Crippen LogP contribution in [0.3, 0.4) is 0 Å². The highest BCUT2D eigenvalue weighted by molar-refractivity contribution is 5.82. The van der Waals surface area contributed by atoms with Crippen molar-refractivity contribution in [1.82, 2.24) is 0 Å². The minimum Gasteiger partial charge on any atom is -0.204 e. The maximum absolute atomic E-state index is 13.1. The predicted molar refractivity (Wildman–Crippen MR) is 108 cm³/mol. The van der Waals surface area contributed by atoms with E-state index in [4.69, 9.17) is 0 Å². The van der Waals surface area contributed by atoms with Gasteiger partial charge < -0.3 is 0 Å². The molecule has 4 heteroatoms. The molecule has 1 aliphatic carbocycles. The molecule has 1 aliphatic rings. The molecule has 0 aliphatic heterocycles. The van der Waals surface area contributed by atoms with Crippen LogP contribution in [-0.2, 0) is 0 Å². The van der Waals surface area contributed by atoms with E-state index in [-0.39, 0.29) is 0 Å². The summed E-state index contributed by atoms with van der Waals surface area (Å²) in [7, 11) is 0. The van der Waals surface area contributed by atoms with Crippen LogP contribution in [0, 0.1) is 17.6 Å². The fourth-order valence-electron chi connectivity index (χ4n) is 3.84. The van der Waals surface area contributed by atoms with Crippen molar-refractivity contribution in [2.75, 3.05) is 0 Å². The molecule has 27 heavy (non-hydrogen) atoms. The van der Waals surface area contributed by atoms with E-state index in [0.717, 1.165) is 23.6 Å². The van der Waals surface area contributed by atoms with Gasteiger partial charge in [0, 0.05) is 0 Å². The first-order valence-electron chi connectivity index (χ1n) is 9.77. The van der Waals surface area contributed by atoms with Crippen molar-refractivity contribution >= 4 is 12.4 Å². The van der Waals surface area contributed by atoms with E-state index in [1.165, 1.54) is 56.4 Å². The second-order valence-electron chi connectivity index (χ2n) is 7.34. The number of nitrogens with zero attached hydrogens (tertiary/aromatic N) is 2. The highest BCUT2D eigenvalue weighted by atomic mass is 19.2. The molecule has 3 rings (SSSR count). The van der Waals surface area contributed by atoms with Gasteiger partial charge in [-0.15, -0.1) is 0 Å². The van der Waals surface area contributed by atoms with Gasteiger partial charge in [-0.2, -0.15) is 10.2 Å². The Hall–Kier alpha value is -2.36. The van der Waals surface area contributed by atoms with Crippen LogP contribution in [0.4, 0.5) is 8.78 Å². The molecule has 1 fully saturated rings. The van der Waals surface area contributed by atoms with E-state index in [1.54, 1.807) is 6.21 Å². The van der Waals surface area contributed by atoms with E-state index in [1.807, 2.05) is 0 Å². The largest absolute Gasteiger partial charge is 0.204 e. The first-order valence-corrected chi connectivity index (χ1v) is 9.77. The molecule has 0 amide bonds. The summed E-state index contributed by atoms with van der Waals surface area (Å²) in [5.74, 6) is -0.155. The molecule has 0 unspecified atom stereocenters. The highest BCUT2D eigenvalue weighted by Gasteiger charge is 2.21. The maximum Gasteiger partial charge on any atom is 0.159 e. The summed E-state index contributed by atoms with van der Waals surface area (Å²) in [4.78, 5) is 0. The molecule has 0 atom stereocenters. The first kappa shape index (κ1) is 19.4. The molecule has 0 aromatic heterocycles. The molecule has 0 radical (unpaired) electrons. The lowest BCUT2D eigenvalue weighted by atomic mass is 9.77. The zero-order valence-corrected chi connectivity index (χ0v) is 15.7. The second kappa shape index (κ2) is 9.54. The minimum atomic E-state index is -0.887. The van der Waals surface area contributed by atoms with Crippen molar-refractivity contribution in [3.05, 3.63) is 70.8 Å². The molecular formula is C23H26F2N2. The third-order valence-electron chi connectivity index (χ3n) is 5.38. The van der Waals surface area contributed by atoms with Crippen molar-refractivity contribution in [1.29, 1.82) is 0 Å². The van der Waals surface area contributed by atoms with Gasteiger partial charge in [-0.25, -0.2) is 8.78 Å². The quantitative estimate of drug-likeness (QED) is 0.411. The van der Waals surface area contributed by atoms with Crippen LogP contribution < -0.4 is 0 Å². The molecule has 0 heterocycles. The molecule has 142 valence electrons. The summed E-state index contributed by atoms with van der Waals surface area (Å²) in [6, 6.07) is 12.1. The maximum atomic E-state index is 13.1. The van der Waals surface area contributed by atoms with Crippen molar-refractivity contribution < 1.29 is 8.78 Å². The Morgan fingerprint density at radius 2 is 1.48 bits per heavy atom. The van der Waals surface area contributed by atoms with Gasteiger partial charge in [0.05, 0.1) is 12.4 Å². The highest BCUT2D eigenvalue weighted by Crippen LogP contribution is 2.37. The standard InChI is InChI=1S/C23H26F2N2/c1-2-3-17-4-9-20(10-5-17)21-11-6-18(7-12-21)15-26-27-16-19-8-13-22(24)23(25)14-19/h6-8,11-17,20H,2-5,9-10H2,1H3/b26-15+,27-16+. The molecule has 0 bridgehead atoms. The minimum absolute atomic E-state index is 0.472. The average Bonchev–Trinajstić information content (AvgIpc) is 2.69. The third-order valence-corrected chi connectivity index (χ3v) is 5.38. The monoisotopic (exact) mass is 368 g/mol.